The molecule has 0 aliphatic carbocycles. The highest BCUT2D eigenvalue weighted by molar-refractivity contribution is 4.68. The summed E-state index contributed by atoms with van der Waals surface area (Å²) >= 11 is 0. The van der Waals surface area contributed by atoms with Crippen molar-refractivity contribution >= 4 is 0 Å². The lowest BCUT2D eigenvalue weighted by atomic mass is 10.1. The molecule has 0 aromatic heterocycles. The summed E-state index contributed by atoms with van der Waals surface area (Å²) in [5, 5.41) is 0. The zero-order chi connectivity index (χ0) is 14.6. The Morgan fingerprint density at radius 2 is 1.40 bits per heavy atom. The van der Waals surface area contributed by atoms with Crippen LogP contribution in [-0.2, 0) is 9.47 Å². The Labute approximate surface area is 126 Å². The molecular formula is C18H36O2. The highest BCUT2D eigenvalue weighted by Crippen LogP contribution is 2.23. The molecule has 1 fully saturated rings. The maximum Gasteiger partial charge on any atom is 0.158 e. The summed E-state index contributed by atoms with van der Waals surface area (Å²) in [6.45, 7) is 6.66. The van der Waals surface area contributed by atoms with E-state index in [4.69, 9.17) is 9.47 Å². The van der Waals surface area contributed by atoms with Crippen LogP contribution in [0.4, 0.5) is 0 Å². The quantitative estimate of drug-likeness (QED) is 0.444. The summed E-state index contributed by atoms with van der Waals surface area (Å²) in [6.07, 6.45) is 16.5. The van der Waals surface area contributed by atoms with Crippen LogP contribution >= 0.6 is 0 Å². The molecule has 0 bridgehead atoms. The Balaban J connectivity index is 1.93. The van der Waals surface area contributed by atoms with Crippen LogP contribution in [0, 0.1) is 0 Å². The van der Waals surface area contributed by atoms with E-state index in [0.29, 0.717) is 12.2 Å². The molecule has 2 heteroatoms. The average Bonchev–Trinajstić information content (AvgIpc) is 2.45. The Morgan fingerprint density at radius 3 is 2.00 bits per heavy atom. The van der Waals surface area contributed by atoms with Gasteiger partial charge in [-0.05, 0) is 32.6 Å². The first-order valence-electron chi connectivity index (χ1n) is 9.07. The standard InChI is InChI=1S/C18H36O2/c1-4-6-7-8-9-10-11-12-13-14-18-19-16(3)15-17(5-2)20-18/h16-18H,4-15H2,1-3H3. The molecule has 3 unspecified atom stereocenters. The highest BCUT2D eigenvalue weighted by atomic mass is 16.7. The molecule has 3 atom stereocenters. The number of unbranched alkanes of at least 4 members (excludes halogenated alkanes) is 8. The van der Waals surface area contributed by atoms with Crippen molar-refractivity contribution in [1.29, 1.82) is 0 Å². The molecular weight excluding hydrogens is 248 g/mol. The van der Waals surface area contributed by atoms with Gasteiger partial charge in [-0.15, -0.1) is 0 Å². The largest absolute Gasteiger partial charge is 0.350 e. The van der Waals surface area contributed by atoms with Gasteiger partial charge in [0.2, 0.25) is 0 Å². The normalized spacial score (nSPS) is 26.9. The molecule has 0 spiro atoms. The topological polar surface area (TPSA) is 18.5 Å². The Kier molecular flexibility index (Phi) is 10.4. The molecule has 20 heavy (non-hydrogen) atoms. The smallest absolute Gasteiger partial charge is 0.158 e. The van der Waals surface area contributed by atoms with Gasteiger partial charge < -0.3 is 9.47 Å². The minimum Gasteiger partial charge on any atom is -0.350 e. The van der Waals surface area contributed by atoms with Crippen molar-refractivity contribution in [2.24, 2.45) is 0 Å². The fraction of sp³-hybridized carbons (Fsp3) is 1.00. The minimum atomic E-state index is 0.0632. The van der Waals surface area contributed by atoms with Crippen molar-refractivity contribution in [1.82, 2.24) is 0 Å². The van der Waals surface area contributed by atoms with Gasteiger partial charge in [-0.3, -0.25) is 0 Å². The van der Waals surface area contributed by atoms with E-state index in [1.165, 1.54) is 57.8 Å². The lowest BCUT2D eigenvalue weighted by Gasteiger charge is -2.34. The second-order valence-electron chi connectivity index (χ2n) is 6.40. The van der Waals surface area contributed by atoms with Gasteiger partial charge in [0.25, 0.3) is 0 Å². The molecule has 2 nitrogen and oxygen atoms in total. The maximum atomic E-state index is 5.96. The van der Waals surface area contributed by atoms with E-state index in [9.17, 15) is 0 Å². The van der Waals surface area contributed by atoms with Crippen LogP contribution in [0.25, 0.3) is 0 Å². The second-order valence-corrected chi connectivity index (χ2v) is 6.40. The van der Waals surface area contributed by atoms with Gasteiger partial charge in [0.1, 0.15) is 0 Å². The first-order chi connectivity index (χ1) is 9.76. The van der Waals surface area contributed by atoms with Crippen LogP contribution in [0.3, 0.4) is 0 Å². The van der Waals surface area contributed by atoms with Crippen molar-refractivity contribution in [3.8, 4) is 0 Å². The Morgan fingerprint density at radius 1 is 0.800 bits per heavy atom. The second kappa shape index (κ2) is 11.6. The molecule has 1 aliphatic rings. The summed E-state index contributed by atoms with van der Waals surface area (Å²) < 4.78 is 11.8. The van der Waals surface area contributed by atoms with E-state index >= 15 is 0 Å². The number of ether oxygens (including phenoxy) is 2. The third kappa shape index (κ3) is 8.26. The predicted molar refractivity (Wildman–Crippen MR) is 86.0 cm³/mol. The predicted octanol–water partition coefficient (Wildman–Crippen LogP) is 5.84. The third-order valence-corrected chi connectivity index (χ3v) is 4.32. The van der Waals surface area contributed by atoms with Crippen molar-refractivity contribution in [3.05, 3.63) is 0 Å². The molecule has 0 saturated carbocycles. The highest BCUT2D eigenvalue weighted by Gasteiger charge is 2.25. The molecule has 1 heterocycles. The first kappa shape index (κ1) is 18.0. The molecule has 0 amide bonds. The van der Waals surface area contributed by atoms with Gasteiger partial charge in [-0.1, -0.05) is 65.2 Å². The number of rotatable bonds is 11. The first-order valence-corrected chi connectivity index (χ1v) is 9.07. The van der Waals surface area contributed by atoms with E-state index in [1.54, 1.807) is 0 Å². The van der Waals surface area contributed by atoms with Gasteiger partial charge in [0.15, 0.2) is 6.29 Å². The molecule has 0 aromatic carbocycles. The fourth-order valence-electron chi connectivity index (χ4n) is 3.01. The molecule has 1 aliphatic heterocycles. The van der Waals surface area contributed by atoms with Gasteiger partial charge in [-0.25, -0.2) is 0 Å². The average molecular weight is 284 g/mol. The monoisotopic (exact) mass is 284 g/mol. The lowest BCUT2D eigenvalue weighted by Crippen LogP contribution is -2.36. The third-order valence-electron chi connectivity index (χ3n) is 4.32. The summed E-state index contributed by atoms with van der Waals surface area (Å²) in [6, 6.07) is 0. The molecule has 1 saturated heterocycles. The van der Waals surface area contributed by atoms with E-state index in [1.807, 2.05) is 0 Å². The summed E-state index contributed by atoms with van der Waals surface area (Å²) in [5.74, 6) is 0. The van der Waals surface area contributed by atoms with E-state index < -0.39 is 0 Å². The lowest BCUT2D eigenvalue weighted by molar-refractivity contribution is -0.241. The fourth-order valence-corrected chi connectivity index (χ4v) is 3.01. The van der Waals surface area contributed by atoms with E-state index in [0.717, 1.165) is 19.3 Å². The van der Waals surface area contributed by atoms with Crippen LogP contribution in [0.1, 0.15) is 97.8 Å². The summed E-state index contributed by atoms with van der Waals surface area (Å²) in [7, 11) is 0. The zero-order valence-corrected chi connectivity index (χ0v) is 14.0. The van der Waals surface area contributed by atoms with Crippen LogP contribution in [0.2, 0.25) is 0 Å². The zero-order valence-electron chi connectivity index (χ0n) is 14.0. The maximum absolute atomic E-state index is 5.96. The molecule has 120 valence electrons. The van der Waals surface area contributed by atoms with Crippen LogP contribution in [0.5, 0.6) is 0 Å². The molecule has 0 N–H and O–H groups in total. The summed E-state index contributed by atoms with van der Waals surface area (Å²) in [5.41, 5.74) is 0. The number of hydrogen-bond acceptors (Lipinski definition) is 2. The van der Waals surface area contributed by atoms with Crippen LogP contribution < -0.4 is 0 Å². The van der Waals surface area contributed by atoms with Gasteiger partial charge in [-0.2, -0.15) is 0 Å². The minimum absolute atomic E-state index is 0.0632. The number of hydrogen-bond donors (Lipinski definition) is 0. The summed E-state index contributed by atoms with van der Waals surface area (Å²) in [4.78, 5) is 0. The van der Waals surface area contributed by atoms with Crippen molar-refractivity contribution in [2.45, 2.75) is 116 Å². The van der Waals surface area contributed by atoms with E-state index in [2.05, 4.69) is 20.8 Å². The van der Waals surface area contributed by atoms with Gasteiger partial charge in [0.05, 0.1) is 12.2 Å². The van der Waals surface area contributed by atoms with Gasteiger partial charge >= 0.3 is 0 Å². The van der Waals surface area contributed by atoms with Crippen LogP contribution in [0.15, 0.2) is 0 Å². The van der Waals surface area contributed by atoms with Gasteiger partial charge in [0, 0.05) is 0 Å². The van der Waals surface area contributed by atoms with Crippen molar-refractivity contribution < 1.29 is 9.47 Å². The van der Waals surface area contributed by atoms with Crippen molar-refractivity contribution in [3.63, 3.8) is 0 Å². The molecule has 0 radical (unpaired) electrons. The van der Waals surface area contributed by atoms with Crippen molar-refractivity contribution in [2.75, 3.05) is 0 Å². The SMILES string of the molecule is CCCCCCCCCCCC1OC(C)CC(CC)O1. The Bertz CT molecular complexity index is 217. The Hall–Kier alpha value is -0.0800. The molecule has 1 rings (SSSR count). The van der Waals surface area contributed by atoms with E-state index in [-0.39, 0.29) is 6.29 Å². The van der Waals surface area contributed by atoms with Crippen LogP contribution in [-0.4, -0.2) is 18.5 Å². The molecule has 0 aromatic rings.